The number of aliphatic hydroxyl groups is 1. The van der Waals surface area contributed by atoms with Crippen LogP contribution < -0.4 is 0 Å². The van der Waals surface area contributed by atoms with Gasteiger partial charge in [-0.1, -0.05) is 11.6 Å². The Balaban J connectivity index is 3.35. The second-order valence-electron chi connectivity index (χ2n) is 3.32. The molecule has 0 bridgehead atoms. The van der Waals surface area contributed by atoms with Crippen molar-refractivity contribution in [2.75, 3.05) is 7.11 Å². The number of carbonyl (C=O) groups is 1. The van der Waals surface area contributed by atoms with Crippen molar-refractivity contribution in [2.24, 2.45) is 0 Å². The number of halogens is 4. The standard InChI is InChI=1S/C10H8ClF3O4/c1-18-9(17)8(16)5-2-4(10(12,13)14)3-6(11)7(5)15/h2-3,8,15-16H,1H3. The average Bonchev–Trinajstić information content (AvgIpc) is 2.29. The molecule has 1 unspecified atom stereocenters. The number of hydrogen-bond donors (Lipinski definition) is 2. The van der Waals surface area contributed by atoms with Crippen LogP contribution in [0.25, 0.3) is 0 Å². The Bertz CT molecular complexity index is 473. The van der Waals surface area contributed by atoms with Crippen LogP contribution in [0.5, 0.6) is 5.75 Å². The quantitative estimate of drug-likeness (QED) is 0.818. The Kier molecular flexibility index (Phi) is 4.08. The fraction of sp³-hybridized carbons (Fsp3) is 0.300. The van der Waals surface area contributed by atoms with Gasteiger partial charge in [-0.25, -0.2) is 4.79 Å². The van der Waals surface area contributed by atoms with Gasteiger partial charge in [0, 0.05) is 5.56 Å². The first-order chi connectivity index (χ1) is 8.18. The summed E-state index contributed by atoms with van der Waals surface area (Å²) in [5, 5.41) is 18.2. The molecule has 1 aromatic carbocycles. The van der Waals surface area contributed by atoms with Crippen LogP contribution >= 0.6 is 11.6 Å². The summed E-state index contributed by atoms with van der Waals surface area (Å²) in [6, 6.07) is 0.924. The Labute approximate surface area is 105 Å². The average molecular weight is 285 g/mol. The maximum atomic E-state index is 12.5. The lowest BCUT2D eigenvalue weighted by Gasteiger charge is -2.15. The van der Waals surface area contributed by atoms with Gasteiger partial charge in [-0.15, -0.1) is 0 Å². The lowest BCUT2D eigenvalue weighted by Crippen LogP contribution is -2.15. The number of hydrogen-bond acceptors (Lipinski definition) is 4. The summed E-state index contributed by atoms with van der Waals surface area (Å²) in [4.78, 5) is 11.0. The van der Waals surface area contributed by atoms with Gasteiger partial charge in [-0.05, 0) is 12.1 Å². The predicted octanol–water partition coefficient (Wildman–Crippen LogP) is 2.27. The topological polar surface area (TPSA) is 66.8 Å². The number of ether oxygens (including phenoxy) is 1. The summed E-state index contributed by atoms with van der Waals surface area (Å²) in [6.45, 7) is 0. The molecule has 18 heavy (non-hydrogen) atoms. The molecule has 1 atom stereocenters. The van der Waals surface area contributed by atoms with Crippen molar-refractivity contribution in [3.63, 3.8) is 0 Å². The van der Waals surface area contributed by atoms with E-state index in [0.29, 0.717) is 12.1 Å². The second kappa shape index (κ2) is 5.03. The van der Waals surface area contributed by atoms with Gasteiger partial charge in [-0.3, -0.25) is 0 Å². The van der Waals surface area contributed by atoms with E-state index in [-0.39, 0.29) is 0 Å². The van der Waals surface area contributed by atoms with E-state index in [1.807, 2.05) is 0 Å². The first-order valence-electron chi connectivity index (χ1n) is 4.54. The van der Waals surface area contributed by atoms with Gasteiger partial charge >= 0.3 is 12.1 Å². The summed E-state index contributed by atoms with van der Waals surface area (Å²) >= 11 is 5.40. The van der Waals surface area contributed by atoms with Gasteiger partial charge < -0.3 is 14.9 Å². The van der Waals surface area contributed by atoms with Crippen LogP contribution in [0.3, 0.4) is 0 Å². The summed E-state index contributed by atoms with van der Waals surface area (Å²) in [5.74, 6) is -2.01. The van der Waals surface area contributed by atoms with E-state index in [0.717, 1.165) is 7.11 Å². The Morgan fingerprint density at radius 3 is 2.44 bits per heavy atom. The van der Waals surface area contributed by atoms with Crippen molar-refractivity contribution < 1.29 is 32.9 Å². The summed E-state index contributed by atoms with van der Waals surface area (Å²) < 4.78 is 41.6. The van der Waals surface area contributed by atoms with E-state index in [2.05, 4.69) is 4.74 Å². The number of aromatic hydroxyl groups is 1. The molecular formula is C10H8ClF3O4. The maximum Gasteiger partial charge on any atom is 0.416 e. The van der Waals surface area contributed by atoms with Gasteiger partial charge in [0.05, 0.1) is 17.7 Å². The number of aliphatic hydroxyl groups excluding tert-OH is 1. The molecule has 0 saturated heterocycles. The molecule has 0 amide bonds. The van der Waals surface area contributed by atoms with Crippen molar-refractivity contribution in [3.05, 3.63) is 28.3 Å². The van der Waals surface area contributed by atoms with Crippen LogP contribution in [-0.2, 0) is 15.7 Å². The number of phenols is 1. The minimum Gasteiger partial charge on any atom is -0.506 e. The van der Waals surface area contributed by atoms with Crippen molar-refractivity contribution in [1.82, 2.24) is 0 Å². The van der Waals surface area contributed by atoms with Crippen LogP contribution in [0.15, 0.2) is 12.1 Å². The predicted molar refractivity (Wildman–Crippen MR) is 55.1 cm³/mol. The number of rotatable bonds is 2. The molecule has 0 aliphatic rings. The number of benzene rings is 1. The van der Waals surface area contributed by atoms with Crippen molar-refractivity contribution in [3.8, 4) is 5.75 Å². The smallest absolute Gasteiger partial charge is 0.416 e. The molecule has 1 rings (SSSR count). The van der Waals surface area contributed by atoms with Crippen molar-refractivity contribution in [1.29, 1.82) is 0 Å². The fourth-order valence-corrected chi connectivity index (χ4v) is 1.46. The molecule has 0 spiro atoms. The molecule has 0 aliphatic carbocycles. The number of alkyl halides is 3. The molecule has 4 nitrogen and oxygen atoms in total. The van der Waals surface area contributed by atoms with E-state index in [4.69, 9.17) is 11.6 Å². The zero-order valence-electron chi connectivity index (χ0n) is 8.95. The molecule has 0 heterocycles. The van der Waals surface area contributed by atoms with E-state index in [1.54, 1.807) is 0 Å². The summed E-state index contributed by atoms with van der Waals surface area (Å²) in [7, 11) is 0.942. The zero-order valence-corrected chi connectivity index (χ0v) is 9.71. The Morgan fingerprint density at radius 2 is 2.00 bits per heavy atom. The molecule has 0 fully saturated rings. The second-order valence-corrected chi connectivity index (χ2v) is 3.73. The highest BCUT2D eigenvalue weighted by atomic mass is 35.5. The van der Waals surface area contributed by atoms with Crippen molar-refractivity contribution >= 4 is 17.6 Å². The van der Waals surface area contributed by atoms with Gasteiger partial charge in [-0.2, -0.15) is 13.2 Å². The number of methoxy groups -OCH3 is 1. The normalized spacial score (nSPS) is 13.2. The Hall–Kier alpha value is -1.47. The van der Waals surface area contributed by atoms with E-state index >= 15 is 0 Å². The van der Waals surface area contributed by atoms with Crippen LogP contribution in [0.4, 0.5) is 13.2 Å². The molecule has 2 N–H and O–H groups in total. The van der Waals surface area contributed by atoms with Crippen LogP contribution in [-0.4, -0.2) is 23.3 Å². The molecule has 0 aliphatic heterocycles. The molecular weight excluding hydrogens is 277 g/mol. The third-order valence-corrected chi connectivity index (χ3v) is 2.43. The summed E-state index contributed by atoms with van der Waals surface area (Å²) in [5.41, 5.74) is -1.86. The van der Waals surface area contributed by atoms with Crippen LogP contribution in [0, 0.1) is 0 Å². The lowest BCUT2D eigenvalue weighted by molar-refractivity contribution is -0.151. The SMILES string of the molecule is COC(=O)C(O)c1cc(C(F)(F)F)cc(Cl)c1O. The van der Waals surface area contributed by atoms with E-state index < -0.39 is 40.1 Å². The highest BCUT2D eigenvalue weighted by Crippen LogP contribution is 2.39. The van der Waals surface area contributed by atoms with Gasteiger partial charge in [0.25, 0.3) is 0 Å². The third kappa shape index (κ3) is 2.85. The first-order valence-corrected chi connectivity index (χ1v) is 4.91. The number of esters is 1. The van der Waals surface area contributed by atoms with Gasteiger partial charge in [0.15, 0.2) is 6.10 Å². The molecule has 0 aromatic heterocycles. The number of phenolic OH excluding ortho intramolecular Hbond substituents is 1. The highest BCUT2D eigenvalue weighted by Gasteiger charge is 2.34. The van der Waals surface area contributed by atoms with Gasteiger partial charge in [0.2, 0.25) is 0 Å². The molecule has 0 saturated carbocycles. The minimum absolute atomic E-state index is 0.433. The van der Waals surface area contributed by atoms with E-state index in [9.17, 15) is 28.2 Å². The minimum atomic E-state index is -4.72. The first kappa shape index (κ1) is 14.6. The molecule has 0 radical (unpaired) electrons. The molecule has 8 heteroatoms. The zero-order chi connectivity index (χ0) is 14.1. The molecule has 1 aromatic rings. The third-order valence-electron chi connectivity index (χ3n) is 2.14. The monoisotopic (exact) mass is 284 g/mol. The fourth-order valence-electron chi connectivity index (χ4n) is 1.23. The van der Waals surface area contributed by atoms with Crippen LogP contribution in [0.2, 0.25) is 5.02 Å². The largest absolute Gasteiger partial charge is 0.506 e. The Morgan fingerprint density at radius 1 is 1.44 bits per heavy atom. The van der Waals surface area contributed by atoms with Crippen LogP contribution in [0.1, 0.15) is 17.2 Å². The highest BCUT2D eigenvalue weighted by molar-refractivity contribution is 6.32. The van der Waals surface area contributed by atoms with Crippen molar-refractivity contribution in [2.45, 2.75) is 12.3 Å². The summed E-state index contributed by atoms with van der Waals surface area (Å²) in [6.07, 6.45) is -6.77. The lowest BCUT2D eigenvalue weighted by atomic mass is 10.0. The van der Waals surface area contributed by atoms with Gasteiger partial charge in [0.1, 0.15) is 5.75 Å². The van der Waals surface area contributed by atoms with E-state index in [1.165, 1.54) is 0 Å². The maximum absolute atomic E-state index is 12.5. The number of carbonyl (C=O) groups excluding carboxylic acids is 1. The molecule has 100 valence electrons.